The first-order valence-electron chi connectivity index (χ1n) is 7.39. The minimum atomic E-state index is 0.558. The maximum absolute atomic E-state index is 4.92. The van der Waals surface area contributed by atoms with E-state index in [4.69, 9.17) is 4.99 Å². The van der Waals surface area contributed by atoms with Gasteiger partial charge in [-0.1, -0.05) is 0 Å². The number of hydrogen-bond donors (Lipinski definition) is 0. The molecule has 0 aromatic heterocycles. The van der Waals surface area contributed by atoms with Crippen molar-refractivity contribution in [3.8, 4) is 0 Å². The van der Waals surface area contributed by atoms with Gasteiger partial charge in [-0.05, 0) is 0 Å². The van der Waals surface area contributed by atoms with E-state index in [2.05, 4.69) is 45.2 Å². The second-order valence-corrected chi connectivity index (χ2v) is 6.41. The molecule has 2 aliphatic rings. The van der Waals surface area contributed by atoms with Crippen molar-refractivity contribution >= 4 is 20.7 Å². The van der Waals surface area contributed by atoms with E-state index < -0.39 is 0 Å². The van der Waals surface area contributed by atoms with Crippen LogP contribution in [0.3, 0.4) is 0 Å². The average molecular weight is 320 g/mol. The first-order chi connectivity index (χ1) is 9.33. The molecule has 1 aliphatic heterocycles. The fraction of sp³-hybridized carbons (Fsp3) is 0.562. The third-order valence-electron chi connectivity index (χ3n) is 4.27. The summed E-state index contributed by atoms with van der Waals surface area (Å²) in [7, 11) is 0. The zero-order valence-electron chi connectivity index (χ0n) is 11.3. The fourth-order valence-electron chi connectivity index (χ4n) is 3.11. The summed E-state index contributed by atoms with van der Waals surface area (Å²) in [6.07, 6.45) is 7.78. The molecule has 0 amide bonds. The van der Waals surface area contributed by atoms with Crippen molar-refractivity contribution in [2.24, 2.45) is 4.99 Å². The standard InChI is InChI=1S/C16H21N2Se/c19-16(17-15-8-2-1-3-9-15)18-11-10-13-6-4-5-7-14(13)12-18/h4-7,15H,1-3,8-12H2. The van der Waals surface area contributed by atoms with E-state index >= 15 is 0 Å². The Morgan fingerprint density at radius 3 is 2.63 bits per heavy atom. The van der Waals surface area contributed by atoms with Gasteiger partial charge in [0.25, 0.3) is 0 Å². The molecule has 1 aromatic rings. The molecule has 3 heteroatoms. The van der Waals surface area contributed by atoms with E-state index in [0.717, 1.165) is 24.2 Å². The molecule has 1 aromatic carbocycles. The molecule has 1 heterocycles. The zero-order valence-corrected chi connectivity index (χ0v) is 13.1. The molecule has 0 unspecified atom stereocenters. The molecule has 2 nitrogen and oxygen atoms in total. The molecular weight excluding hydrogens is 299 g/mol. The Kier molecular flexibility index (Phi) is 4.24. The summed E-state index contributed by atoms with van der Waals surface area (Å²) in [5.41, 5.74) is 2.96. The second kappa shape index (κ2) is 6.11. The van der Waals surface area contributed by atoms with Gasteiger partial charge < -0.3 is 0 Å². The molecule has 19 heavy (non-hydrogen) atoms. The Labute approximate surface area is 124 Å². The van der Waals surface area contributed by atoms with Crippen LogP contribution in [-0.4, -0.2) is 38.2 Å². The number of aliphatic imine (C=N–C) groups is 1. The van der Waals surface area contributed by atoms with Crippen LogP contribution in [-0.2, 0) is 13.0 Å². The van der Waals surface area contributed by atoms with Crippen LogP contribution in [0, 0.1) is 0 Å². The van der Waals surface area contributed by atoms with Crippen molar-refractivity contribution in [2.75, 3.05) is 6.54 Å². The molecule has 1 saturated carbocycles. The van der Waals surface area contributed by atoms with E-state index in [0.29, 0.717) is 6.04 Å². The summed E-state index contributed by atoms with van der Waals surface area (Å²) < 4.78 is 1.13. The van der Waals surface area contributed by atoms with Gasteiger partial charge in [0.1, 0.15) is 0 Å². The third kappa shape index (κ3) is 3.21. The van der Waals surface area contributed by atoms with Crippen LogP contribution in [0.1, 0.15) is 43.2 Å². The molecule has 101 valence electrons. The number of amidine groups is 1. The Morgan fingerprint density at radius 2 is 1.84 bits per heavy atom. The zero-order chi connectivity index (χ0) is 13.1. The molecule has 3 rings (SSSR count). The van der Waals surface area contributed by atoms with Gasteiger partial charge >= 0.3 is 124 Å². The van der Waals surface area contributed by atoms with Crippen molar-refractivity contribution in [2.45, 2.75) is 51.1 Å². The van der Waals surface area contributed by atoms with E-state index in [1.165, 1.54) is 43.2 Å². The van der Waals surface area contributed by atoms with Crippen LogP contribution in [0.4, 0.5) is 0 Å². The van der Waals surface area contributed by atoms with Gasteiger partial charge in [-0.25, -0.2) is 0 Å². The van der Waals surface area contributed by atoms with Gasteiger partial charge in [0, 0.05) is 0 Å². The molecule has 1 radical (unpaired) electrons. The van der Waals surface area contributed by atoms with Crippen LogP contribution < -0.4 is 0 Å². The summed E-state index contributed by atoms with van der Waals surface area (Å²) in [5.74, 6) is 0. The Balaban J connectivity index is 1.68. The van der Waals surface area contributed by atoms with Gasteiger partial charge in [-0.2, -0.15) is 0 Å². The number of fused-ring (bicyclic) bond motifs is 1. The van der Waals surface area contributed by atoms with Crippen LogP contribution in [0.25, 0.3) is 0 Å². The quantitative estimate of drug-likeness (QED) is 0.441. The summed E-state index contributed by atoms with van der Waals surface area (Å²) >= 11 is 3.20. The first-order valence-corrected chi connectivity index (χ1v) is 8.25. The monoisotopic (exact) mass is 321 g/mol. The summed E-state index contributed by atoms with van der Waals surface area (Å²) in [5, 5.41) is 0. The van der Waals surface area contributed by atoms with Crippen molar-refractivity contribution in [1.82, 2.24) is 4.90 Å². The molecule has 0 spiro atoms. The summed E-state index contributed by atoms with van der Waals surface area (Å²) in [6.45, 7) is 2.10. The maximum atomic E-state index is 4.92. The molecule has 0 N–H and O–H groups in total. The van der Waals surface area contributed by atoms with Gasteiger partial charge in [0.2, 0.25) is 0 Å². The SMILES string of the molecule is [Se]C(=NC1CCCCC1)N1CCc2ccccc2C1. The first kappa shape index (κ1) is 13.2. The Hall–Kier alpha value is -0.791. The predicted octanol–water partition coefficient (Wildman–Crippen LogP) is 2.90. The van der Waals surface area contributed by atoms with E-state index in [9.17, 15) is 0 Å². The van der Waals surface area contributed by atoms with E-state index in [1.54, 1.807) is 0 Å². The van der Waals surface area contributed by atoms with Crippen molar-refractivity contribution in [3.63, 3.8) is 0 Å². The van der Waals surface area contributed by atoms with Gasteiger partial charge in [0.15, 0.2) is 0 Å². The predicted molar refractivity (Wildman–Crippen MR) is 80.6 cm³/mol. The molecular formula is C16H21N2Se. The third-order valence-corrected chi connectivity index (χ3v) is 5.03. The number of nitrogens with zero attached hydrogens (tertiary/aromatic N) is 2. The Morgan fingerprint density at radius 1 is 1.11 bits per heavy atom. The van der Waals surface area contributed by atoms with Gasteiger partial charge in [-0.15, -0.1) is 0 Å². The summed E-state index contributed by atoms with van der Waals surface area (Å²) in [6, 6.07) is 9.34. The molecule has 1 fully saturated rings. The average Bonchev–Trinajstić information content (AvgIpc) is 2.48. The van der Waals surface area contributed by atoms with E-state index in [-0.39, 0.29) is 0 Å². The normalized spacial score (nSPS) is 21.3. The fourth-order valence-corrected chi connectivity index (χ4v) is 3.75. The minimum absolute atomic E-state index is 0.558. The van der Waals surface area contributed by atoms with Crippen LogP contribution in [0.5, 0.6) is 0 Å². The molecule has 0 atom stereocenters. The van der Waals surface area contributed by atoms with Crippen molar-refractivity contribution in [1.29, 1.82) is 0 Å². The number of hydrogen-bond acceptors (Lipinski definition) is 1. The van der Waals surface area contributed by atoms with Crippen LogP contribution in [0.2, 0.25) is 0 Å². The number of rotatable bonds is 1. The second-order valence-electron chi connectivity index (χ2n) is 5.64. The van der Waals surface area contributed by atoms with Gasteiger partial charge in [0.05, 0.1) is 0 Å². The molecule has 1 aliphatic carbocycles. The van der Waals surface area contributed by atoms with Crippen molar-refractivity contribution < 1.29 is 0 Å². The summed E-state index contributed by atoms with van der Waals surface area (Å²) in [4.78, 5) is 7.32. The Bertz CT molecular complexity index is 464. The van der Waals surface area contributed by atoms with Crippen LogP contribution in [0.15, 0.2) is 29.3 Å². The van der Waals surface area contributed by atoms with E-state index in [1.807, 2.05) is 0 Å². The topological polar surface area (TPSA) is 15.6 Å². The molecule has 0 saturated heterocycles. The van der Waals surface area contributed by atoms with Crippen LogP contribution >= 0.6 is 0 Å². The van der Waals surface area contributed by atoms with Crippen molar-refractivity contribution in [3.05, 3.63) is 35.4 Å². The van der Waals surface area contributed by atoms with Gasteiger partial charge in [-0.3, -0.25) is 0 Å². The number of benzene rings is 1. The molecule has 0 bridgehead atoms.